The summed E-state index contributed by atoms with van der Waals surface area (Å²) in [6.45, 7) is 3.04. The minimum atomic E-state index is -0.266. The van der Waals surface area contributed by atoms with Gasteiger partial charge in [-0.1, -0.05) is 12.1 Å². The van der Waals surface area contributed by atoms with Crippen LogP contribution in [0.3, 0.4) is 0 Å². The molecule has 0 atom stereocenters. The summed E-state index contributed by atoms with van der Waals surface area (Å²) in [5, 5.41) is 0. The van der Waals surface area contributed by atoms with Crippen LogP contribution in [0.5, 0.6) is 0 Å². The summed E-state index contributed by atoms with van der Waals surface area (Å²) in [5.74, 6) is 0.0953. The molecule has 0 radical (unpaired) electrons. The van der Waals surface area contributed by atoms with Gasteiger partial charge in [0.25, 0.3) is 5.91 Å². The third kappa shape index (κ3) is 3.90. The molecule has 2 aliphatic rings. The molecule has 4 rings (SSSR count). The van der Waals surface area contributed by atoms with Crippen molar-refractivity contribution >= 4 is 23.2 Å². The Bertz CT molecular complexity index is 819. The number of nitrogens with zero attached hydrogens (tertiary/aromatic N) is 2. The lowest BCUT2D eigenvalue weighted by molar-refractivity contribution is -0.135. The minimum Gasteiger partial charge on any atom is -0.342 e. The van der Waals surface area contributed by atoms with Gasteiger partial charge in [0.15, 0.2) is 0 Å². The van der Waals surface area contributed by atoms with Crippen LogP contribution in [-0.2, 0) is 4.79 Å². The smallest absolute Gasteiger partial charge is 0.263 e. The normalized spacial score (nSPS) is 18.1. The lowest BCUT2D eigenvalue weighted by Crippen LogP contribution is -2.43. The monoisotopic (exact) mass is 386 g/mol. The maximum absolute atomic E-state index is 13.1. The van der Waals surface area contributed by atoms with E-state index in [1.54, 1.807) is 12.1 Å². The van der Waals surface area contributed by atoms with Gasteiger partial charge in [0.05, 0.1) is 4.88 Å². The number of amides is 2. The molecule has 27 heavy (non-hydrogen) atoms. The van der Waals surface area contributed by atoms with Gasteiger partial charge in [-0.3, -0.25) is 9.59 Å². The molecule has 4 nitrogen and oxygen atoms in total. The van der Waals surface area contributed by atoms with Crippen LogP contribution in [0.4, 0.5) is 4.39 Å². The molecule has 6 heteroatoms. The second kappa shape index (κ2) is 7.80. The van der Waals surface area contributed by atoms with Gasteiger partial charge in [-0.15, -0.1) is 11.3 Å². The fourth-order valence-corrected chi connectivity index (χ4v) is 4.88. The van der Waals surface area contributed by atoms with Crippen molar-refractivity contribution in [2.45, 2.75) is 25.7 Å². The number of hydrogen-bond acceptors (Lipinski definition) is 3. The molecular formula is C21H23FN2O2S. The summed E-state index contributed by atoms with van der Waals surface area (Å²) >= 11 is 1.43. The highest BCUT2D eigenvalue weighted by Gasteiger charge is 2.31. The summed E-state index contributed by atoms with van der Waals surface area (Å²) in [5.41, 5.74) is 0.912. The number of likely N-dealkylation sites (tertiary alicyclic amines) is 2. The van der Waals surface area contributed by atoms with Crippen molar-refractivity contribution in [3.8, 4) is 10.4 Å². The molecule has 0 unspecified atom stereocenters. The van der Waals surface area contributed by atoms with Crippen LogP contribution >= 0.6 is 11.3 Å². The summed E-state index contributed by atoms with van der Waals surface area (Å²) in [6.07, 6.45) is 3.71. The van der Waals surface area contributed by atoms with E-state index in [0.717, 1.165) is 49.2 Å². The molecule has 0 spiro atoms. The Labute approximate surface area is 162 Å². The zero-order chi connectivity index (χ0) is 18.8. The predicted molar refractivity (Wildman–Crippen MR) is 104 cm³/mol. The van der Waals surface area contributed by atoms with Crippen LogP contribution in [0.1, 0.15) is 35.4 Å². The zero-order valence-electron chi connectivity index (χ0n) is 15.2. The number of piperidine rings is 1. The Morgan fingerprint density at radius 1 is 0.889 bits per heavy atom. The number of thiophene rings is 1. The molecule has 2 aromatic rings. The third-order valence-corrected chi connectivity index (χ3v) is 6.62. The standard InChI is InChI=1S/C21H23FN2O2S/c22-17-5-3-15(4-6-17)18-7-8-19(27-18)21(26)24-13-9-16(10-14-24)20(25)23-11-1-2-12-23/h3-8,16H,1-2,9-14H2. The minimum absolute atomic E-state index is 0.0282. The molecule has 2 amide bonds. The van der Waals surface area contributed by atoms with Crippen LogP contribution < -0.4 is 0 Å². The van der Waals surface area contributed by atoms with Crippen LogP contribution in [0, 0.1) is 11.7 Å². The maximum Gasteiger partial charge on any atom is 0.263 e. The number of carbonyl (C=O) groups is 2. The van der Waals surface area contributed by atoms with Gasteiger partial charge in [-0.25, -0.2) is 4.39 Å². The highest BCUT2D eigenvalue weighted by Crippen LogP contribution is 2.30. The fraction of sp³-hybridized carbons (Fsp3) is 0.429. The number of benzene rings is 1. The highest BCUT2D eigenvalue weighted by atomic mass is 32.1. The third-order valence-electron chi connectivity index (χ3n) is 5.49. The number of halogens is 1. The van der Waals surface area contributed by atoms with E-state index in [4.69, 9.17) is 0 Å². The second-order valence-electron chi connectivity index (χ2n) is 7.27. The van der Waals surface area contributed by atoms with Crippen molar-refractivity contribution in [3.63, 3.8) is 0 Å². The van der Waals surface area contributed by atoms with Gasteiger partial charge in [0, 0.05) is 37.0 Å². The lowest BCUT2D eigenvalue weighted by Gasteiger charge is -2.33. The molecule has 142 valence electrons. The highest BCUT2D eigenvalue weighted by molar-refractivity contribution is 7.17. The molecule has 2 aliphatic heterocycles. The average Bonchev–Trinajstić information content (AvgIpc) is 3.40. The van der Waals surface area contributed by atoms with Gasteiger partial charge in [0.1, 0.15) is 5.82 Å². The molecule has 0 bridgehead atoms. The van der Waals surface area contributed by atoms with E-state index >= 15 is 0 Å². The van der Waals surface area contributed by atoms with Crippen LogP contribution in [0.2, 0.25) is 0 Å². The molecule has 2 fully saturated rings. The molecule has 0 aliphatic carbocycles. The first kappa shape index (κ1) is 18.2. The lowest BCUT2D eigenvalue weighted by atomic mass is 9.95. The van der Waals surface area contributed by atoms with Crippen LogP contribution in [-0.4, -0.2) is 47.8 Å². The summed E-state index contributed by atoms with van der Waals surface area (Å²) < 4.78 is 13.1. The van der Waals surface area contributed by atoms with E-state index in [1.807, 2.05) is 21.9 Å². The van der Waals surface area contributed by atoms with Gasteiger partial charge in [0.2, 0.25) is 5.91 Å². The average molecular weight is 386 g/mol. The first-order valence-corrected chi connectivity index (χ1v) is 10.4. The van der Waals surface area contributed by atoms with Crippen molar-refractivity contribution in [2.24, 2.45) is 5.92 Å². The van der Waals surface area contributed by atoms with E-state index in [9.17, 15) is 14.0 Å². The summed E-state index contributed by atoms with van der Waals surface area (Å²) in [7, 11) is 0. The van der Waals surface area contributed by atoms with E-state index < -0.39 is 0 Å². The Morgan fingerprint density at radius 3 is 2.22 bits per heavy atom. The Balaban J connectivity index is 1.37. The van der Waals surface area contributed by atoms with E-state index in [-0.39, 0.29) is 23.5 Å². The zero-order valence-corrected chi connectivity index (χ0v) is 16.0. The van der Waals surface area contributed by atoms with Crippen molar-refractivity contribution in [3.05, 3.63) is 47.1 Å². The molecule has 2 saturated heterocycles. The summed E-state index contributed by atoms with van der Waals surface area (Å²) in [6, 6.07) is 10.1. The van der Waals surface area contributed by atoms with E-state index in [2.05, 4.69) is 0 Å². The van der Waals surface area contributed by atoms with Crippen LogP contribution in [0.25, 0.3) is 10.4 Å². The van der Waals surface area contributed by atoms with Crippen molar-refractivity contribution in [2.75, 3.05) is 26.2 Å². The molecule has 0 saturated carbocycles. The van der Waals surface area contributed by atoms with E-state index in [0.29, 0.717) is 18.0 Å². The molecule has 0 N–H and O–H groups in total. The van der Waals surface area contributed by atoms with Gasteiger partial charge in [-0.2, -0.15) is 0 Å². The Hall–Kier alpha value is -2.21. The largest absolute Gasteiger partial charge is 0.342 e. The number of hydrogen-bond donors (Lipinski definition) is 0. The first-order valence-electron chi connectivity index (χ1n) is 9.55. The maximum atomic E-state index is 13.1. The van der Waals surface area contributed by atoms with Gasteiger partial charge < -0.3 is 9.80 Å². The first-order chi connectivity index (χ1) is 13.1. The fourth-order valence-electron chi connectivity index (χ4n) is 3.90. The molecule has 3 heterocycles. The van der Waals surface area contributed by atoms with Crippen molar-refractivity contribution in [1.29, 1.82) is 0 Å². The Morgan fingerprint density at radius 2 is 1.56 bits per heavy atom. The van der Waals surface area contributed by atoms with Crippen molar-refractivity contribution in [1.82, 2.24) is 9.80 Å². The van der Waals surface area contributed by atoms with Crippen molar-refractivity contribution < 1.29 is 14.0 Å². The topological polar surface area (TPSA) is 40.6 Å². The van der Waals surface area contributed by atoms with Gasteiger partial charge in [-0.05, 0) is 55.5 Å². The Kier molecular flexibility index (Phi) is 5.25. The predicted octanol–water partition coefficient (Wildman–Crippen LogP) is 4.03. The van der Waals surface area contributed by atoms with Gasteiger partial charge >= 0.3 is 0 Å². The molecule has 1 aromatic heterocycles. The molecule has 1 aromatic carbocycles. The quantitative estimate of drug-likeness (QED) is 0.799. The summed E-state index contributed by atoms with van der Waals surface area (Å²) in [4.78, 5) is 30.8. The number of carbonyl (C=O) groups excluding carboxylic acids is 2. The SMILES string of the molecule is O=C(c1ccc(-c2ccc(F)cc2)s1)N1CCC(C(=O)N2CCCC2)CC1. The molecular weight excluding hydrogens is 363 g/mol. The second-order valence-corrected chi connectivity index (χ2v) is 8.35. The van der Waals surface area contributed by atoms with Crippen LogP contribution in [0.15, 0.2) is 36.4 Å². The van der Waals surface area contributed by atoms with E-state index in [1.165, 1.54) is 23.5 Å². The number of rotatable bonds is 3.